The molecule has 2 amide bonds. The zero-order valence-corrected chi connectivity index (χ0v) is 13.0. The summed E-state index contributed by atoms with van der Waals surface area (Å²) < 4.78 is 34.4. The number of amides is 2. The fourth-order valence-electron chi connectivity index (χ4n) is 2.63. The summed E-state index contributed by atoms with van der Waals surface area (Å²) in [7, 11) is 0. The van der Waals surface area contributed by atoms with Crippen molar-refractivity contribution in [2.75, 3.05) is 18.4 Å². The topological polar surface area (TPSA) is 88.1 Å². The number of likely N-dealkylation sites (tertiary alicyclic amines) is 1. The summed E-state index contributed by atoms with van der Waals surface area (Å²) in [4.78, 5) is 25.4. The molecule has 2 aliphatic heterocycles. The van der Waals surface area contributed by atoms with Crippen LogP contribution in [0.2, 0.25) is 0 Å². The first kappa shape index (κ1) is 16.4. The number of anilines is 1. The number of rotatable bonds is 1. The van der Waals surface area contributed by atoms with Gasteiger partial charge in [-0.15, -0.1) is 8.78 Å². The van der Waals surface area contributed by atoms with Crippen molar-refractivity contribution in [1.29, 1.82) is 0 Å². The van der Waals surface area contributed by atoms with E-state index in [9.17, 15) is 23.5 Å². The molecule has 0 saturated carbocycles. The number of hydrogen-bond donors (Lipinski definition) is 2. The van der Waals surface area contributed by atoms with E-state index in [1.165, 1.54) is 17.0 Å². The lowest BCUT2D eigenvalue weighted by Crippen LogP contribution is -2.39. The summed E-state index contributed by atoms with van der Waals surface area (Å²) in [5.41, 5.74) is -0.382. The van der Waals surface area contributed by atoms with Gasteiger partial charge in [0.1, 0.15) is 0 Å². The van der Waals surface area contributed by atoms with Crippen LogP contribution in [0.1, 0.15) is 13.8 Å². The Labute approximate surface area is 136 Å². The van der Waals surface area contributed by atoms with Gasteiger partial charge in [-0.3, -0.25) is 9.59 Å². The second-order valence-corrected chi connectivity index (χ2v) is 6.47. The number of hydrogen-bond acceptors (Lipinski definition) is 5. The monoisotopic (exact) mass is 342 g/mol. The SMILES string of the molecule is CC1(C)CN(C(=O)C(=O)Nc2ccc3c(c2)OC(F)(F)O3)CC1O. The van der Waals surface area contributed by atoms with Gasteiger partial charge in [-0.1, -0.05) is 13.8 Å². The van der Waals surface area contributed by atoms with Crippen LogP contribution in [0.5, 0.6) is 11.5 Å². The highest BCUT2D eigenvalue weighted by Crippen LogP contribution is 2.42. The second-order valence-electron chi connectivity index (χ2n) is 6.47. The van der Waals surface area contributed by atoms with Gasteiger partial charge in [0.05, 0.1) is 6.10 Å². The molecule has 1 unspecified atom stereocenters. The number of carbonyl (C=O) groups excluding carboxylic acids is 2. The number of nitrogens with one attached hydrogen (secondary N) is 1. The predicted molar refractivity (Wildman–Crippen MR) is 77.6 cm³/mol. The Hall–Kier alpha value is -2.42. The molecule has 130 valence electrons. The number of carbonyl (C=O) groups is 2. The van der Waals surface area contributed by atoms with Crippen LogP contribution < -0.4 is 14.8 Å². The van der Waals surface area contributed by atoms with Crippen LogP contribution in [-0.2, 0) is 9.59 Å². The van der Waals surface area contributed by atoms with Crippen molar-refractivity contribution >= 4 is 17.5 Å². The maximum atomic E-state index is 13.0. The highest BCUT2D eigenvalue weighted by Gasteiger charge is 2.44. The highest BCUT2D eigenvalue weighted by molar-refractivity contribution is 6.39. The third kappa shape index (κ3) is 2.99. The number of nitrogens with zero attached hydrogens (tertiary/aromatic N) is 1. The number of β-amino-alcohol motifs (C(OH)–C–C–N with tert-alkyl or cyclic N) is 1. The van der Waals surface area contributed by atoms with E-state index >= 15 is 0 Å². The van der Waals surface area contributed by atoms with E-state index in [0.717, 1.165) is 6.07 Å². The zero-order valence-electron chi connectivity index (χ0n) is 13.0. The van der Waals surface area contributed by atoms with Gasteiger partial charge in [0.2, 0.25) is 0 Å². The Morgan fingerprint density at radius 2 is 1.96 bits per heavy atom. The number of halogens is 2. The first-order chi connectivity index (χ1) is 11.1. The van der Waals surface area contributed by atoms with Crippen LogP contribution in [0, 0.1) is 5.41 Å². The van der Waals surface area contributed by atoms with E-state index in [4.69, 9.17) is 0 Å². The molecule has 0 spiro atoms. The van der Waals surface area contributed by atoms with Gasteiger partial charge in [-0.2, -0.15) is 0 Å². The Morgan fingerprint density at radius 1 is 1.29 bits per heavy atom. The van der Waals surface area contributed by atoms with Crippen molar-refractivity contribution in [3.63, 3.8) is 0 Å². The molecule has 1 atom stereocenters. The predicted octanol–water partition coefficient (Wildman–Crippen LogP) is 1.18. The van der Waals surface area contributed by atoms with Gasteiger partial charge in [-0.25, -0.2) is 0 Å². The number of benzene rings is 1. The second kappa shape index (κ2) is 5.30. The first-order valence-electron chi connectivity index (χ1n) is 7.26. The standard InChI is InChI=1S/C15H16F2N2O5/c1-14(2)7-19(6-11(14)20)13(22)12(21)18-8-3-4-9-10(5-8)24-15(16,17)23-9/h3-5,11,20H,6-7H2,1-2H3,(H,18,21). The molecule has 0 bridgehead atoms. The van der Waals surface area contributed by atoms with Crippen molar-refractivity contribution in [2.45, 2.75) is 26.2 Å². The van der Waals surface area contributed by atoms with Crippen molar-refractivity contribution in [3.05, 3.63) is 18.2 Å². The molecule has 0 aliphatic carbocycles. The van der Waals surface area contributed by atoms with Gasteiger partial charge in [0.25, 0.3) is 0 Å². The highest BCUT2D eigenvalue weighted by atomic mass is 19.3. The number of aliphatic hydroxyl groups is 1. The quantitative estimate of drug-likeness (QED) is 0.748. The molecule has 2 N–H and O–H groups in total. The van der Waals surface area contributed by atoms with E-state index in [2.05, 4.69) is 14.8 Å². The Balaban J connectivity index is 1.67. The maximum absolute atomic E-state index is 13.0. The molecule has 1 saturated heterocycles. The molecule has 2 aliphatic rings. The molecule has 7 nitrogen and oxygen atoms in total. The fraction of sp³-hybridized carbons (Fsp3) is 0.467. The van der Waals surface area contributed by atoms with Crippen molar-refractivity contribution in [1.82, 2.24) is 4.90 Å². The lowest BCUT2D eigenvalue weighted by Gasteiger charge is -2.20. The molecule has 2 heterocycles. The number of ether oxygens (including phenoxy) is 2. The first-order valence-corrected chi connectivity index (χ1v) is 7.26. The Morgan fingerprint density at radius 3 is 2.58 bits per heavy atom. The molecule has 1 aromatic carbocycles. The van der Waals surface area contributed by atoms with E-state index in [-0.39, 0.29) is 30.3 Å². The zero-order chi connectivity index (χ0) is 17.7. The molecule has 9 heteroatoms. The van der Waals surface area contributed by atoms with E-state index in [1.807, 2.05) is 0 Å². The lowest BCUT2D eigenvalue weighted by atomic mass is 9.90. The smallest absolute Gasteiger partial charge is 0.395 e. The summed E-state index contributed by atoms with van der Waals surface area (Å²) in [6.45, 7) is 3.89. The van der Waals surface area contributed by atoms with E-state index in [1.54, 1.807) is 13.8 Å². The lowest BCUT2D eigenvalue weighted by molar-refractivity contribution is -0.286. The largest absolute Gasteiger partial charge is 0.586 e. The Bertz CT molecular complexity index is 707. The molecule has 3 rings (SSSR count). The van der Waals surface area contributed by atoms with Gasteiger partial charge < -0.3 is 24.8 Å². The van der Waals surface area contributed by atoms with Crippen LogP contribution in [0.25, 0.3) is 0 Å². The van der Waals surface area contributed by atoms with Crippen molar-refractivity contribution in [2.24, 2.45) is 5.41 Å². The number of fused-ring (bicyclic) bond motifs is 1. The summed E-state index contributed by atoms with van der Waals surface area (Å²) in [5.74, 6) is -2.12. The normalized spacial score (nSPS) is 23.2. The third-order valence-corrected chi connectivity index (χ3v) is 4.03. The summed E-state index contributed by atoms with van der Waals surface area (Å²) in [6.07, 6.45) is -4.47. The minimum atomic E-state index is -3.75. The summed E-state index contributed by atoms with van der Waals surface area (Å²) >= 11 is 0. The van der Waals surface area contributed by atoms with E-state index < -0.39 is 29.6 Å². The number of aliphatic hydroxyl groups excluding tert-OH is 1. The summed E-state index contributed by atoms with van der Waals surface area (Å²) in [6, 6.07) is 3.67. The molecular formula is C15H16F2N2O5. The molecule has 1 fully saturated rings. The molecule has 1 aromatic rings. The third-order valence-electron chi connectivity index (χ3n) is 4.03. The Kier molecular flexibility index (Phi) is 3.63. The summed E-state index contributed by atoms with van der Waals surface area (Å²) in [5, 5.41) is 12.2. The van der Waals surface area contributed by atoms with Crippen LogP contribution in [-0.4, -0.2) is 47.3 Å². The van der Waals surface area contributed by atoms with Gasteiger partial charge in [0, 0.05) is 30.3 Å². The molecule has 24 heavy (non-hydrogen) atoms. The average Bonchev–Trinajstić information content (AvgIpc) is 2.92. The van der Waals surface area contributed by atoms with E-state index in [0.29, 0.717) is 0 Å². The minimum Gasteiger partial charge on any atom is -0.395 e. The van der Waals surface area contributed by atoms with Crippen LogP contribution in [0.3, 0.4) is 0 Å². The average molecular weight is 342 g/mol. The number of alkyl halides is 2. The van der Waals surface area contributed by atoms with Crippen molar-refractivity contribution in [3.8, 4) is 11.5 Å². The van der Waals surface area contributed by atoms with Gasteiger partial charge in [0.15, 0.2) is 11.5 Å². The molecule has 0 aromatic heterocycles. The molecular weight excluding hydrogens is 326 g/mol. The van der Waals surface area contributed by atoms with Crippen molar-refractivity contribution < 1.29 is 33.0 Å². The minimum absolute atomic E-state index is 0.0621. The molecule has 0 radical (unpaired) electrons. The van der Waals surface area contributed by atoms with Crippen LogP contribution in [0.4, 0.5) is 14.5 Å². The van der Waals surface area contributed by atoms with Gasteiger partial charge in [-0.05, 0) is 12.1 Å². The van der Waals surface area contributed by atoms with Crippen LogP contribution >= 0.6 is 0 Å². The maximum Gasteiger partial charge on any atom is 0.586 e. The van der Waals surface area contributed by atoms with Crippen LogP contribution in [0.15, 0.2) is 18.2 Å². The van der Waals surface area contributed by atoms with Gasteiger partial charge >= 0.3 is 18.1 Å². The fourth-order valence-corrected chi connectivity index (χ4v) is 2.63.